The van der Waals surface area contributed by atoms with Crippen molar-refractivity contribution in [2.24, 2.45) is 0 Å². The standard InChI is InChI=1S/C11H12N2O3S/c1-8-6-9(17-10(8)11(14)15)16-5-4-13-3-2-12-7-13/h2-3,6-7H,4-5H2,1H3,(H,14,15). The van der Waals surface area contributed by atoms with E-state index in [-0.39, 0.29) is 0 Å². The van der Waals surface area contributed by atoms with Crippen LogP contribution in [0.2, 0.25) is 0 Å². The first kappa shape index (κ1) is 11.7. The predicted octanol–water partition coefficient (Wildman–Crippen LogP) is 2.03. The summed E-state index contributed by atoms with van der Waals surface area (Å²) in [5.74, 6) is -0.906. The molecular weight excluding hydrogens is 240 g/mol. The maximum atomic E-state index is 10.8. The van der Waals surface area contributed by atoms with E-state index in [1.165, 1.54) is 0 Å². The summed E-state index contributed by atoms with van der Waals surface area (Å²) in [6, 6.07) is 1.75. The highest BCUT2D eigenvalue weighted by atomic mass is 32.1. The molecule has 0 radical (unpaired) electrons. The Morgan fingerprint density at radius 2 is 2.47 bits per heavy atom. The molecule has 0 amide bonds. The summed E-state index contributed by atoms with van der Waals surface area (Å²) in [6.45, 7) is 2.96. The smallest absolute Gasteiger partial charge is 0.346 e. The van der Waals surface area contributed by atoms with Crippen molar-refractivity contribution >= 4 is 17.3 Å². The van der Waals surface area contributed by atoms with Crippen molar-refractivity contribution < 1.29 is 14.6 Å². The maximum Gasteiger partial charge on any atom is 0.346 e. The number of thiophene rings is 1. The molecule has 2 aromatic heterocycles. The van der Waals surface area contributed by atoms with E-state index >= 15 is 0 Å². The minimum Gasteiger partial charge on any atom is -0.482 e. The van der Waals surface area contributed by atoms with Crippen LogP contribution in [-0.2, 0) is 6.54 Å². The number of hydrogen-bond donors (Lipinski definition) is 1. The van der Waals surface area contributed by atoms with Gasteiger partial charge >= 0.3 is 5.97 Å². The van der Waals surface area contributed by atoms with Crippen LogP contribution in [0.15, 0.2) is 24.8 Å². The monoisotopic (exact) mass is 252 g/mol. The second-order valence-electron chi connectivity index (χ2n) is 3.53. The molecule has 2 heterocycles. The second-order valence-corrected chi connectivity index (χ2v) is 4.55. The third-order valence-corrected chi connectivity index (χ3v) is 3.38. The predicted molar refractivity (Wildman–Crippen MR) is 63.7 cm³/mol. The van der Waals surface area contributed by atoms with Gasteiger partial charge in [0.05, 0.1) is 12.9 Å². The van der Waals surface area contributed by atoms with Gasteiger partial charge < -0.3 is 14.4 Å². The maximum absolute atomic E-state index is 10.8. The van der Waals surface area contributed by atoms with Crippen LogP contribution in [0.4, 0.5) is 0 Å². The normalized spacial score (nSPS) is 10.4. The average Bonchev–Trinajstić information content (AvgIpc) is 2.88. The largest absolute Gasteiger partial charge is 0.482 e. The molecule has 0 aliphatic carbocycles. The molecule has 6 heteroatoms. The average molecular weight is 252 g/mol. The molecule has 0 aromatic carbocycles. The van der Waals surface area contributed by atoms with Gasteiger partial charge in [0.2, 0.25) is 0 Å². The number of aryl methyl sites for hydroxylation is 1. The first-order valence-electron chi connectivity index (χ1n) is 5.09. The molecule has 0 aliphatic heterocycles. The molecule has 90 valence electrons. The molecule has 2 rings (SSSR count). The number of aromatic carboxylic acids is 1. The van der Waals surface area contributed by atoms with Crippen molar-refractivity contribution in [2.45, 2.75) is 13.5 Å². The summed E-state index contributed by atoms with van der Waals surface area (Å²) < 4.78 is 7.40. The van der Waals surface area contributed by atoms with Crippen molar-refractivity contribution in [3.05, 3.63) is 35.2 Å². The Bertz CT molecular complexity index is 505. The number of ether oxygens (including phenoxy) is 1. The van der Waals surface area contributed by atoms with Crippen LogP contribution in [-0.4, -0.2) is 27.2 Å². The first-order valence-corrected chi connectivity index (χ1v) is 5.90. The van der Waals surface area contributed by atoms with Gasteiger partial charge in [-0.05, 0) is 18.6 Å². The molecule has 0 atom stereocenters. The van der Waals surface area contributed by atoms with E-state index < -0.39 is 5.97 Å². The van der Waals surface area contributed by atoms with Crippen molar-refractivity contribution in [3.8, 4) is 5.06 Å². The van der Waals surface area contributed by atoms with Gasteiger partial charge in [0.15, 0.2) is 5.06 Å². The zero-order chi connectivity index (χ0) is 12.3. The molecule has 5 nitrogen and oxygen atoms in total. The Kier molecular flexibility index (Phi) is 3.43. The van der Waals surface area contributed by atoms with E-state index in [0.717, 1.165) is 16.9 Å². The zero-order valence-corrected chi connectivity index (χ0v) is 10.1. The molecular formula is C11H12N2O3S. The third kappa shape index (κ3) is 2.85. The minimum absolute atomic E-state index is 0.336. The third-order valence-electron chi connectivity index (χ3n) is 2.24. The number of rotatable bonds is 5. The lowest BCUT2D eigenvalue weighted by Gasteiger charge is -2.03. The second kappa shape index (κ2) is 5.01. The molecule has 0 saturated heterocycles. The Hall–Kier alpha value is -1.82. The van der Waals surface area contributed by atoms with Crippen molar-refractivity contribution in [1.82, 2.24) is 9.55 Å². The fourth-order valence-electron chi connectivity index (χ4n) is 1.41. The quantitative estimate of drug-likeness (QED) is 0.884. The van der Waals surface area contributed by atoms with Crippen molar-refractivity contribution in [1.29, 1.82) is 0 Å². The fourth-order valence-corrected chi connectivity index (χ4v) is 2.29. The Labute approximate surface area is 102 Å². The number of carbonyl (C=O) groups is 1. The summed E-state index contributed by atoms with van der Waals surface area (Å²) in [6.07, 6.45) is 5.27. The Morgan fingerprint density at radius 3 is 3.06 bits per heavy atom. The van der Waals surface area contributed by atoms with Gasteiger partial charge in [0.1, 0.15) is 11.5 Å². The van der Waals surface area contributed by atoms with Crippen LogP contribution in [0.3, 0.4) is 0 Å². The van der Waals surface area contributed by atoms with E-state index in [2.05, 4.69) is 4.98 Å². The molecule has 0 unspecified atom stereocenters. The van der Waals surface area contributed by atoms with Crippen LogP contribution in [0, 0.1) is 6.92 Å². The molecule has 0 spiro atoms. The van der Waals surface area contributed by atoms with Gasteiger partial charge in [0, 0.05) is 12.4 Å². The summed E-state index contributed by atoms with van der Waals surface area (Å²) in [4.78, 5) is 15.1. The number of carboxylic acid groups (broad SMARTS) is 1. The number of nitrogens with zero attached hydrogens (tertiary/aromatic N) is 2. The van der Waals surface area contributed by atoms with Crippen molar-refractivity contribution in [2.75, 3.05) is 6.61 Å². The van der Waals surface area contributed by atoms with E-state index in [0.29, 0.717) is 23.1 Å². The van der Waals surface area contributed by atoms with Gasteiger partial charge in [-0.1, -0.05) is 11.3 Å². The highest BCUT2D eigenvalue weighted by Gasteiger charge is 2.12. The molecule has 0 fully saturated rings. The molecule has 0 saturated carbocycles. The minimum atomic E-state index is -0.906. The summed E-state index contributed by atoms with van der Waals surface area (Å²) >= 11 is 1.16. The van der Waals surface area contributed by atoms with E-state index in [1.807, 2.05) is 10.8 Å². The number of carboxylic acids is 1. The highest BCUT2D eigenvalue weighted by molar-refractivity contribution is 7.15. The first-order chi connectivity index (χ1) is 8.16. The molecule has 0 bridgehead atoms. The topological polar surface area (TPSA) is 64.4 Å². The summed E-state index contributed by atoms with van der Waals surface area (Å²) in [5, 5.41) is 9.54. The fraction of sp³-hybridized carbons (Fsp3) is 0.273. The molecule has 1 N–H and O–H groups in total. The molecule has 0 aliphatic rings. The van der Waals surface area contributed by atoms with Crippen LogP contribution in [0.25, 0.3) is 0 Å². The SMILES string of the molecule is Cc1cc(OCCn2ccnc2)sc1C(=O)O. The summed E-state index contributed by atoms with van der Waals surface area (Å²) in [7, 11) is 0. The lowest BCUT2D eigenvalue weighted by atomic mass is 10.3. The Balaban J connectivity index is 1.91. The number of hydrogen-bond acceptors (Lipinski definition) is 4. The van der Waals surface area contributed by atoms with E-state index in [9.17, 15) is 4.79 Å². The van der Waals surface area contributed by atoms with Crippen LogP contribution >= 0.6 is 11.3 Å². The van der Waals surface area contributed by atoms with Gasteiger partial charge in [0.25, 0.3) is 0 Å². The number of imidazole rings is 1. The molecule has 17 heavy (non-hydrogen) atoms. The zero-order valence-electron chi connectivity index (χ0n) is 9.29. The lowest BCUT2D eigenvalue weighted by Crippen LogP contribution is -2.05. The van der Waals surface area contributed by atoms with Gasteiger partial charge in [-0.25, -0.2) is 9.78 Å². The Morgan fingerprint density at radius 1 is 1.65 bits per heavy atom. The molecule has 2 aromatic rings. The van der Waals surface area contributed by atoms with E-state index in [1.54, 1.807) is 25.5 Å². The highest BCUT2D eigenvalue weighted by Crippen LogP contribution is 2.28. The van der Waals surface area contributed by atoms with Gasteiger partial charge in [-0.15, -0.1) is 0 Å². The van der Waals surface area contributed by atoms with Gasteiger partial charge in [-0.3, -0.25) is 0 Å². The number of aromatic nitrogens is 2. The van der Waals surface area contributed by atoms with Crippen LogP contribution < -0.4 is 4.74 Å². The van der Waals surface area contributed by atoms with Crippen molar-refractivity contribution in [3.63, 3.8) is 0 Å². The summed E-state index contributed by atoms with van der Waals surface area (Å²) in [5.41, 5.74) is 0.736. The van der Waals surface area contributed by atoms with Gasteiger partial charge in [-0.2, -0.15) is 0 Å². The van der Waals surface area contributed by atoms with E-state index in [4.69, 9.17) is 9.84 Å². The van der Waals surface area contributed by atoms with Crippen LogP contribution in [0.1, 0.15) is 15.2 Å². The van der Waals surface area contributed by atoms with Crippen LogP contribution in [0.5, 0.6) is 5.06 Å². The lowest BCUT2D eigenvalue weighted by molar-refractivity contribution is 0.0701.